The molecule has 0 aromatic rings. The minimum absolute atomic E-state index is 0.142. The van der Waals surface area contributed by atoms with Crippen molar-refractivity contribution in [3.05, 3.63) is 0 Å². The number of fused-ring (bicyclic) bond motifs is 7. The van der Waals surface area contributed by atoms with Crippen molar-refractivity contribution in [2.75, 3.05) is 6.61 Å². The Morgan fingerprint density at radius 2 is 1.57 bits per heavy atom. The van der Waals surface area contributed by atoms with Gasteiger partial charge in [0.05, 0.1) is 12.7 Å². The summed E-state index contributed by atoms with van der Waals surface area (Å²) < 4.78 is 13.4. The second-order valence-electron chi connectivity index (χ2n) is 15.5. The lowest BCUT2D eigenvalue weighted by Crippen LogP contribution is -2.67. The van der Waals surface area contributed by atoms with Gasteiger partial charge in [-0.05, 0) is 84.4 Å². The topological polar surface area (TPSA) is 35.5 Å². The van der Waals surface area contributed by atoms with E-state index in [1.165, 1.54) is 25.7 Å². The molecule has 0 amide bonds. The molecular weight excluding hydrogens is 432 g/mol. The molecule has 198 valence electrons. The summed E-state index contributed by atoms with van der Waals surface area (Å²) in [6.07, 6.45) is 7.34. The van der Waals surface area contributed by atoms with E-state index in [0.29, 0.717) is 58.5 Å². The molecule has 0 radical (unpaired) electrons. The minimum Gasteiger partial charge on any atom is -0.349 e. The summed E-state index contributed by atoms with van der Waals surface area (Å²) in [6.45, 7) is 22.9. The average Bonchev–Trinajstić information content (AvgIpc) is 3.23. The maximum absolute atomic E-state index is 14.7. The van der Waals surface area contributed by atoms with Crippen LogP contribution in [-0.4, -0.2) is 24.3 Å². The quantitative estimate of drug-likeness (QED) is 0.360. The molecule has 0 aromatic heterocycles. The lowest BCUT2D eigenvalue weighted by atomic mass is 9.34. The summed E-state index contributed by atoms with van der Waals surface area (Å²) in [5, 5.41) is 0. The van der Waals surface area contributed by atoms with Crippen LogP contribution in [0.4, 0.5) is 0 Å². The van der Waals surface area contributed by atoms with Gasteiger partial charge in [-0.15, -0.1) is 0 Å². The largest absolute Gasteiger partial charge is 0.349 e. The van der Waals surface area contributed by atoms with Gasteiger partial charge in [0.15, 0.2) is 5.79 Å². The third-order valence-corrected chi connectivity index (χ3v) is 14.2. The molecule has 3 heteroatoms. The molecule has 1 spiro atoms. The van der Waals surface area contributed by atoms with Gasteiger partial charge < -0.3 is 9.47 Å². The van der Waals surface area contributed by atoms with E-state index in [2.05, 4.69) is 62.3 Å². The van der Waals surface area contributed by atoms with E-state index in [1.54, 1.807) is 0 Å². The summed E-state index contributed by atoms with van der Waals surface area (Å²) in [5.41, 5.74) is 0.282. The fraction of sp³-hybridized carbons (Fsp3) is 0.969. The van der Waals surface area contributed by atoms with Gasteiger partial charge in [-0.3, -0.25) is 4.79 Å². The van der Waals surface area contributed by atoms with Crippen molar-refractivity contribution in [3.8, 4) is 0 Å². The number of hydrogen-bond acceptors (Lipinski definition) is 3. The Balaban J connectivity index is 1.39. The van der Waals surface area contributed by atoms with Gasteiger partial charge in [0.25, 0.3) is 0 Å². The Kier molecular flexibility index (Phi) is 5.39. The summed E-state index contributed by atoms with van der Waals surface area (Å²) in [4.78, 5) is 14.7. The lowest BCUT2D eigenvalue weighted by Gasteiger charge is -2.70. The van der Waals surface area contributed by atoms with E-state index in [4.69, 9.17) is 9.47 Å². The molecule has 2 aliphatic heterocycles. The maximum Gasteiger partial charge on any atom is 0.171 e. The predicted molar refractivity (Wildman–Crippen MR) is 140 cm³/mol. The molecule has 2 heterocycles. The second-order valence-corrected chi connectivity index (χ2v) is 15.5. The SMILES string of the molecule is CC1CCC2(OC1)OC1CC3C4CC(C)C5(C)CC(C)CC(C)C5(C)C4C(C)C(=O)C3(C)C1C2C. The Morgan fingerprint density at radius 1 is 0.857 bits per heavy atom. The van der Waals surface area contributed by atoms with Crippen LogP contribution in [-0.2, 0) is 14.3 Å². The van der Waals surface area contributed by atoms with E-state index in [9.17, 15) is 4.79 Å². The van der Waals surface area contributed by atoms with Gasteiger partial charge in [-0.25, -0.2) is 0 Å². The number of ketones is 1. The molecule has 4 saturated carbocycles. The third-order valence-electron chi connectivity index (χ3n) is 14.2. The van der Waals surface area contributed by atoms with Gasteiger partial charge in [0.2, 0.25) is 0 Å². The van der Waals surface area contributed by atoms with E-state index >= 15 is 0 Å². The molecule has 6 rings (SSSR count). The fourth-order valence-corrected chi connectivity index (χ4v) is 12.3. The summed E-state index contributed by atoms with van der Waals surface area (Å²) in [5.74, 6) is 5.23. The van der Waals surface area contributed by atoms with Gasteiger partial charge in [0, 0.05) is 29.6 Å². The van der Waals surface area contributed by atoms with Crippen LogP contribution in [0.2, 0.25) is 0 Å². The zero-order valence-electron chi connectivity index (χ0n) is 24.0. The van der Waals surface area contributed by atoms with E-state index < -0.39 is 5.79 Å². The molecule has 15 unspecified atom stereocenters. The van der Waals surface area contributed by atoms with Crippen LogP contribution in [0, 0.1) is 75.4 Å². The highest BCUT2D eigenvalue weighted by Crippen LogP contribution is 2.75. The molecule has 2 saturated heterocycles. The standard InChI is InChI=1S/C32H52O3/c1-17-10-11-32(34-16-17)22(6)27-25(35-32)14-24-23-13-19(3)29(7)15-18(2)12-20(4)31(29,9)26(23)21(5)28(33)30(24,27)8/h17-27H,10-16H2,1-9H3. The van der Waals surface area contributed by atoms with Crippen LogP contribution in [0.3, 0.4) is 0 Å². The lowest BCUT2D eigenvalue weighted by molar-refractivity contribution is -0.274. The van der Waals surface area contributed by atoms with Crippen LogP contribution >= 0.6 is 0 Å². The van der Waals surface area contributed by atoms with E-state index in [0.717, 1.165) is 25.4 Å². The zero-order chi connectivity index (χ0) is 25.3. The van der Waals surface area contributed by atoms with Crippen LogP contribution in [0.1, 0.15) is 101 Å². The van der Waals surface area contributed by atoms with Crippen molar-refractivity contribution in [1.29, 1.82) is 0 Å². The van der Waals surface area contributed by atoms with Gasteiger partial charge in [-0.1, -0.05) is 62.3 Å². The summed E-state index contributed by atoms with van der Waals surface area (Å²) >= 11 is 0. The Bertz CT molecular complexity index is 889. The Morgan fingerprint density at radius 3 is 2.23 bits per heavy atom. The normalized spacial score (nSPS) is 63.9. The van der Waals surface area contributed by atoms with Crippen molar-refractivity contribution in [3.63, 3.8) is 0 Å². The van der Waals surface area contributed by atoms with Gasteiger partial charge in [-0.2, -0.15) is 0 Å². The number of carbonyl (C=O) groups excluding carboxylic acids is 1. The average molecular weight is 485 g/mol. The smallest absolute Gasteiger partial charge is 0.171 e. The van der Waals surface area contributed by atoms with Crippen molar-refractivity contribution >= 4 is 5.78 Å². The molecule has 15 atom stereocenters. The number of hydrogen-bond donors (Lipinski definition) is 0. The summed E-state index contributed by atoms with van der Waals surface area (Å²) in [7, 11) is 0. The Hall–Kier alpha value is -0.410. The molecule has 35 heavy (non-hydrogen) atoms. The Labute approximate surface area is 214 Å². The second kappa shape index (κ2) is 7.58. The van der Waals surface area contributed by atoms with E-state index in [-0.39, 0.29) is 22.9 Å². The molecule has 0 aromatic carbocycles. The van der Waals surface area contributed by atoms with Crippen molar-refractivity contribution in [2.45, 2.75) is 113 Å². The first-order valence-corrected chi connectivity index (χ1v) is 15.2. The maximum atomic E-state index is 14.7. The molecule has 0 N–H and O–H groups in total. The first kappa shape index (κ1) is 24.9. The van der Waals surface area contributed by atoms with Crippen LogP contribution in [0.5, 0.6) is 0 Å². The van der Waals surface area contributed by atoms with Crippen molar-refractivity contribution < 1.29 is 14.3 Å². The highest BCUT2D eigenvalue weighted by Gasteiger charge is 2.75. The number of ether oxygens (including phenoxy) is 2. The monoisotopic (exact) mass is 484 g/mol. The van der Waals surface area contributed by atoms with Crippen LogP contribution in [0.15, 0.2) is 0 Å². The number of Topliss-reactive ketones (excluding diaryl/α,β-unsaturated/α-hetero) is 1. The third kappa shape index (κ3) is 2.84. The van der Waals surface area contributed by atoms with Gasteiger partial charge in [0.1, 0.15) is 5.78 Å². The van der Waals surface area contributed by atoms with Crippen molar-refractivity contribution in [2.24, 2.45) is 75.4 Å². The first-order valence-electron chi connectivity index (χ1n) is 15.2. The molecule has 6 fully saturated rings. The molecule has 3 nitrogen and oxygen atoms in total. The molecule has 4 aliphatic carbocycles. The van der Waals surface area contributed by atoms with Crippen molar-refractivity contribution in [1.82, 2.24) is 0 Å². The predicted octanol–water partition coefficient (Wildman–Crippen LogP) is 7.38. The van der Waals surface area contributed by atoms with Crippen LogP contribution < -0.4 is 0 Å². The van der Waals surface area contributed by atoms with E-state index in [1.807, 2.05) is 0 Å². The molecular formula is C32H52O3. The molecule has 0 bridgehead atoms. The first-order chi connectivity index (χ1) is 16.3. The molecule has 6 aliphatic rings. The minimum atomic E-state index is -0.450. The van der Waals surface area contributed by atoms with Crippen LogP contribution in [0.25, 0.3) is 0 Å². The highest BCUT2D eigenvalue weighted by atomic mass is 16.7. The summed E-state index contributed by atoms with van der Waals surface area (Å²) in [6, 6.07) is 0. The number of rotatable bonds is 0. The van der Waals surface area contributed by atoms with Gasteiger partial charge >= 0.3 is 0 Å². The highest BCUT2D eigenvalue weighted by molar-refractivity contribution is 5.89. The zero-order valence-corrected chi connectivity index (χ0v) is 24.0. The fourth-order valence-electron chi connectivity index (χ4n) is 12.3. The number of carbonyl (C=O) groups is 1.